The number of unbranched alkanes of at least 4 members (excludes halogenated alkanes) is 1. The van der Waals surface area contributed by atoms with Gasteiger partial charge in [-0.05, 0) is 48.4 Å². The van der Waals surface area contributed by atoms with E-state index in [1.165, 1.54) is 5.56 Å². The van der Waals surface area contributed by atoms with E-state index in [-0.39, 0.29) is 0 Å². The van der Waals surface area contributed by atoms with Gasteiger partial charge in [0.15, 0.2) is 0 Å². The van der Waals surface area contributed by atoms with Crippen LogP contribution in [-0.2, 0) is 19.6 Å². The maximum Gasteiger partial charge on any atom is 0.236 e. The zero-order chi connectivity index (χ0) is 18.3. The van der Waals surface area contributed by atoms with Crippen molar-refractivity contribution in [3.05, 3.63) is 78.0 Å². The normalized spacial score (nSPS) is 11.0. The Labute approximate surface area is 162 Å². The molecule has 0 aliphatic heterocycles. The monoisotopic (exact) mass is 379 g/mol. The number of rotatable bonds is 9. The molecule has 0 atom stereocenters. The molecule has 6 heteroatoms. The van der Waals surface area contributed by atoms with Gasteiger partial charge in [0.2, 0.25) is 5.89 Å². The SMILES string of the molecule is c1csc(-c2nc(COc3ccc(CCCCn4ccnc4)cc3)co2)c1. The van der Waals surface area contributed by atoms with Crippen molar-refractivity contribution in [2.24, 2.45) is 0 Å². The Morgan fingerprint density at radius 3 is 2.81 bits per heavy atom. The number of ether oxygens (including phenoxy) is 1. The van der Waals surface area contributed by atoms with Crippen molar-refractivity contribution < 1.29 is 9.15 Å². The predicted octanol–water partition coefficient (Wildman–Crippen LogP) is 5.20. The second-order valence-corrected chi connectivity index (χ2v) is 7.26. The van der Waals surface area contributed by atoms with Crippen molar-refractivity contribution in [2.75, 3.05) is 0 Å². The highest BCUT2D eigenvalue weighted by Crippen LogP contribution is 2.24. The summed E-state index contributed by atoms with van der Waals surface area (Å²) >= 11 is 1.61. The lowest BCUT2D eigenvalue weighted by Crippen LogP contribution is -1.97. The first-order valence-electron chi connectivity index (χ1n) is 9.02. The topological polar surface area (TPSA) is 53.1 Å². The van der Waals surface area contributed by atoms with Crippen LogP contribution in [0.1, 0.15) is 24.1 Å². The number of oxazole rings is 1. The van der Waals surface area contributed by atoms with Crippen LogP contribution in [0.2, 0.25) is 0 Å². The Bertz CT molecular complexity index is 928. The van der Waals surface area contributed by atoms with Gasteiger partial charge < -0.3 is 13.7 Å². The van der Waals surface area contributed by atoms with Gasteiger partial charge in [0, 0.05) is 18.9 Å². The highest BCUT2D eigenvalue weighted by atomic mass is 32.1. The van der Waals surface area contributed by atoms with Crippen LogP contribution >= 0.6 is 11.3 Å². The molecule has 0 aliphatic rings. The number of hydrogen-bond acceptors (Lipinski definition) is 5. The standard InChI is InChI=1S/C21H21N3O2S/c1(2-11-24-12-10-22-16-24)4-17-6-8-19(9-7-17)25-14-18-15-26-21(23-18)20-5-3-13-27-20/h3,5-10,12-13,15-16H,1-2,4,11,14H2. The third-order valence-electron chi connectivity index (χ3n) is 4.28. The Kier molecular flexibility index (Phi) is 5.64. The molecular weight excluding hydrogens is 358 g/mol. The van der Waals surface area contributed by atoms with Gasteiger partial charge in [0.1, 0.15) is 24.3 Å². The molecule has 138 valence electrons. The quantitative estimate of drug-likeness (QED) is 0.375. The second kappa shape index (κ2) is 8.68. The molecule has 0 unspecified atom stereocenters. The van der Waals surface area contributed by atoms with Gasteiger partial charge in [0.25, 0.3) is 0 Å². The third kappa shape index (κ3) is 4.86. The summed E-state index contributed by atoms with van der Waals surface area (Å²) in [6.07, 6.45) is 10.7. The van der Waals surface area contributed by atoms with Crippen LogP contribution in [0, 0.1) is 0 Å². The number of nitrogens with zero attached hydrogens (tertiary/aromatic N) is 3. The van der Waals surface area contributed by atoms with E-state index < -0.39 is 0 Å². The highest BCUT2D eigenvalue weighted by molar-refractivity contribution is 7.13. The molecule has 3 heterocycles. The van der Waals surface area contributed by atoms with Gasteiger partial charge in [-0.1, -0.05) is 18.2 Å². The molecule has 0 saturated heterocycles. The molecular formula is C21H21N3O2S. The minimum absolute atomic E-state index is 0.402. The van der Waals surface area contributed by atoms with E-state index in [0.717, 1.165) is 42.1 Å². The number of aromatic nitrogens is 3. The van der Waals surface area contributed by atoms with Crippen molar-refractivity contribution in [1.29, 1.82) is 0 Å². The molecule has 1 aromatic carbocycles. The average Bonchev–Trinajstić information content (AvgIpc) is 3.47. The zero-order valence-corrected chi connectivity index (χ0v) is 15.8. The van der Waals surface area contributed by atoms with Crippen LogP contribution < -0.4 is 4.74 Å². The molecule has 0 radical (unpaired) electrons. The van der Waals surface area contributed by atoms with Gasteiger partial charge >= 0.3 is 0 Å². The van der Waals surface area contributed by atoms with E-state index in [4.69, 9.17) is 9.15 Å². The van der Waals surface area contributed by atoms with Crippen LogP contribution in [0.3, 0.4) is 0 Å². The number of benzene rings is 1. The molecule has 4 rings (SSSR count). The van der Waals surface area contributed by atoms with E-state index >= 15 is 0 Å². The number of thiophene rings is 1. The van der Waals surface area contributed by atoms with Crippen molar-refractivity contribution >= 4 is 11.3 Å². The first-order valence-corrected chi connectivity index (χ1v) is 9.90. The maximum absolute atomic E-state index is 5.82. The van der Waals surface area contributed by atoms with Crippen molar-refractivity contribution in [2.45, 2.75) is 32.4 Å². The fourth-order valence-electron chi connectivity index (χ4n) is 2.84. The average molecular weight is 379 g/mol. The van der Waals surface area contributed by atoms with Crippen molar-refractivity contribution in [1.82, 2.24) is 14.5 Å². The minimum atomic E-state index is 0.402. The predicted molar refractivity (Wildman–Crippen MR) is 106 cm³/mol. The van der Waals surface area contributed by atoms with E-state index in [9.17, 15) is 0 Å². The lowest BCUT2D eigenvalue weighted by Gasteiger charge is -2.06. The lowest BCUT2D eigenvalue weighted by atomic mass is 10.1. The van der Waals surface area contributed by atoms with Crippen LogP contribution in [0.5, 0.6) is 5.75 Å². The summed E-state index contributed by atoms with van der Waals surface area (Å²) in [5, 5.41) is 2.01. The molecule has 0 spiro atoms. The molecule has 5 nitrogen and oxygen atoms in total. The van der Waals surface area contributed by atoms with Crippen LogP contribution in [0.25, 0.3) is 10.8 Å². The summed E-state index contributed by atoms with van der Waals surface area (Å²) in [5.41, 5.74) is 2.12. The smallest absolute Gasteiger partial charge is 0.236 e. The first-order chi connectivity index (χ1) is 13.4. The molecule has 0 bridgehead atoms. The van der Waals surface area contributed by atoms with E-state index in [1.807, 2.05) is 48.4 Å². The summed E-state index contributed by atoms with van der Waals surface area (Å²) in [4.78, 5) is 9.56. The summed E-state index contributed by atoms with van der Waals surface area (Å²) in [5.74, 6) is 1.49. The molecule has 0 N–H and O–H groups in total. The van der Waals surface area contributed by atoms with Crippen molar-refractivity contribution in [3.8, 4) is 16.5 Å². The fourth-order valence-corrected chi connectivity index (χ4v) is 3.49. The molecule has 27 heavy (non-hydrogen) atoms. The lowest BCUT2D eigenvalue weighted by molar-refractivity contribution is 0.301. The van der Waals surface area contributed by atoms with Gasteiger partial charge in [-0.2, -0.15) is 0 Å². The molecule has 4 aromatic rings. The number of hydrogen-bond donors (Lipinski definition) is 0. The Morgan fingerprint density at radius 2 is 2.04 bits per heavy atom. The Morgan fingerprint density at radius 1 is 1.11 bits per heavy atom. The van der Waals surface area contributed by atoms with Crippen LogP contribution in [0.4, 0.5) is 0 Å². The molecule has 0 aliphatic carbocycles. The van der Waals surface area contributed by atoms with Gasteiger partial charge in [-0.15, -0.1) is 11.3 Å². The number of imidazole rings is 1. The number of aryl methyl sites for hydroxylation is 2. The largest absolute Gasteiger partial charge is 0.487 e. The molecule has 0 fully saturated rings. The van der Waals surface area contributed by atoms with Gasteiger partial charge in [0.05, 0.1) is 11.2 Å². The molecule has 0 saturated carbocycles. The second-order valence-electron chi connectivity index (χ2n) is 6.31. The molecule has 3 aromatic heterocycles. The molecule has 0 amide bonds. The fraction of sp³-hybridized carbons (Fsp3) is 0.238. The van der Waals surface area contributed by atoms with E-state index in [1.54, 1.807) is 17.6 Å². The summed E-state index contributed by atoms with van der Waals surface area (Å²) in [7, 11) is 0. The Balaban J connectivity index is 1.22. The summed E-state index contributed by atoms with van der Waals surface area (Å²) in [6.45, 7) is 1.42. The van der Waals surface area contributed by atoms with E-state index in [0.29, 0.717) is 12.5 Å². The van der Waals surface area contributed by atoms with Gasteiger partial charge in [-0.3, -0.25) is 0 Å². The minimum Gasteiger partial charge on any atom is -0.487 e. The van der Waals surface area contributed by atoms with Gasteiger partial charge in [-0.25, -0.2) is 9.97 Å². The first kappa shape index (κ1) is 17.5. The van der Waals surface area contributed by atoms with Crippen molar-refractivity contribution in [3.63, 3.8) is 0 Å². The third-order valence-corrected chi connectivity index (χ3v) is 5.14. The maximum atomic E-state index is 5.82. The Hall–Kier alpha value is -2.86. The van der Waals surface area contributed by atoms with Crippen LogP contribution in [0.15, 0.2) is 71.2 Å². The van der Waals surface area contributed by atoms with E-state index in [2.05, 4.69) is 26.7 Å². The highest BCUT2D eigenvalue weighted by Gasteiger charge is 2.08. The zero-order valence-electron chi connectivity index (χ0n) is 15.0. The van der Waals surface area contributed by atoms with Crippen LogP contribution in [-0.4, -0.2) is 14.5 Å². The summed E-state index contributed by atoms with van der Waals surface area (Å²) < 4.78 is 13.5. The summed E-state index contributed by atoms with van der Waals surface area (Å²) in [6, 6.07) is 12.3.